The number of benzene rings is 1. The van der Waals surface area contributed by atoms with E-state index in [1.807, 2.05) is 43.3 Å². The summed E-state index contributed by atoms with van der Waals surface area (Å²) >= 11 is 0. The van der Waals surface area contributed by atoms with Crippen molar-refractivity contribution in [3.63, 3.8) is 0 Å². The lowest BCUT2D eigenvalue weighted by Gasteiger charge is -2.24. The smallest absolute Gasteiger partial charge is 0.260 e. The quantitative estimate of drug-likeness (QED) is 0.714. The van der Waals surface area contributed by atoms with Crippen LogP contribution in [0.15, 0.2) is 30.3 Å². The van der Waals surface area contributed by atoms with E-state index in [2.05, 4.69) is 37.1 Å². The van der Waals surface area contributed by atoms with E-state index >= 15 is 0 Å². The first-order valence-corrected chi connectivity index (χ1v) is 11.4. The molecule has 1 unspecified atom stereocenters. The van der Waals surface area contributed by atoms with Gasteiger partial charge in [0.2, 0.25) is 0 Å². The van der Waals surface area contributed by atoms with Crippen molar-refractivity contribution < 1.29 is 9.53 Å². The first-order valence-electron chi connectivity index (χ1n) is 11.4. The van der Waals surface area contributed by atoms with Crippen LogP contribution in [0.3, 0.4) is 0 Å². The molecule has 1 atom stereocenters. The number of nitrogens with zero attached hydrogens (tertiary/aromatic N) is 4. The Hall–Kier alpha value is -2.67. The van der Waals surface area contributed by atoms with E-state index in [0.717, 1.165) is 37.4 Å². The number of amides is 1. The molecule has 0 aliphatic carbocycles. The third-order valence-electron chi connectivity index (χ3n) is 5.84. The lowest BCUT2D eigenvalue weighted by molar-refractivity contribution is -0.132. The van der Waals surface area contributed by atoms with Crippen molar-refractivity contribution >= 4 is 11.7 Å². The summed E-state index contributed by atoms with van der Waals surface area (Å²) in [5.41, 5.74) is 2.36. The van der Waals surface area contributed by atoms with E-state index in [-0.39, 0.29) is 17.9 Å². The number of piperidine rings is 1. The van der Waals surface area contributed by atoms with E-state index in [0.29, 0.717) is 24.0 Å². The van der Waals surface area contributed by atoms with Crippen molar-refractivity contribution in [3.05, 3.63) is 47.4 Å². The summed E-state index contributed by atoms with van der Waals surface area (Å²) in [5.74, 6) is 2.49. The van der Waals surface area contributed by atoms with Gasteiger partial charge >= 0.3 is 0 Å². The summed E-state index contributed by atoms with van der Waals surface area (Å²) in [7, 11) is 5.72. The predicted molar refractivity (Wildman–Crippen MR) is 128 cm³/mol. The monoisotopic (exact) mass is 439 g/mol. The van der Waals surface area contributed by atoms with Crippen LogP contribution in [0.5, 0.6) is 5.75 Å². The zero-order valence-electron chi connectivity index (χ0n) is 20.3. The van der Waals surface area contributed by atoms with Gasteiger partial charge in [-0.05, 0) is 42.5 Å². The largest absolute Gasteiger partial charge is 0.484 e. The Morgan fingerprint density at radius 3 is 2.47 bits per heavy atom. The van der Waals surface area contributed by atoms with Gasteiger partial charge in [-0.1, -0.05) is 32.9 Å². The molecule has 7 nitrogen and oxygen atoms in total. The average Bonchev–Trinajstić information content (AvgIpc) is 2.77. The van der Waals surface area contributed by atoms with Crippen LogP contribution in [-0.2, 0) is 16.8 Å². The topological polar surface area (TPSA) is 70.6 Å². The Labute approximate surface area is 192 Å². The van der Waals surface area contributed by atoms with E-state index in [1.165, 1.54) is 5.56 Å². The summed E-state index contributed by atoms with van der Waals surface area (Å²) in [4.78, 5) is 25.7. The van der Waals surface area contributed by atoms with Crippen molar-refractivity contribution in [2.45, 2.75) is 51.5 Å². The third kappa shape index (κ3) is 6.42. The lowest BCUT2D eigenvalue weighted by atomic mass is 9.87. The molecule has 2 heterocycles. The molecule has 1 amide bonds. The molecule has 1 aromatic heterocycles. The predicted octanol–water partition coefficient (Wildman–Crippen LogP) is 3.34. The van der Waals surface area contributed by atoms with Crippen LogP contribution in [0.1, 0.15) is 56.6 Å². The fraction of sp³-hybridized carbons (Fsp3) is 0.560. The maximum absolute atomic E-state index is 12.7. The average molecular weight is 440 g/mol. The van der Waals surface area contributed by atoms with E-state index in [9.17, 15) is 4.79 Å². The first-order chi connectivity index (χ1) is 15.1. The van der Waals surface area contributed by atoms with Crippen molar-refractivity contribution in [1.82, 2.24) is 20.2 Å². The molecule has 1 aliphatic heterocycles. The van der Waals surface area contributed by atoms with Crippen LogP contribution in [0.4, 0.5) is 5.82 Å². The normalized spacial score (nSPS) is 16.5. The Morgan fingerprint density at radius 2 is 1.88 bits per heavy atom. The highest BCUT2D eigenvalue weighted by Gasteiger charge is 2.20. The van der Waals surface area contributed by atoms with Crippen molar-refractivity contribution in [1.29, 1.82) is 0 Å². The van der Waals surface area contributed by atoms with Gasteiger partial charge in [-0.2, -0.15) is 0 Å². The van der Waals surface area contributed by atoms with Gasteiger partial charge in [0.05, 0.1) is 12.2 Å². The molecular weight excluding hydrogens is 402 g/mol. The Bertz CT molecular complexity index is 900. The van der Waals surface area contributed by atoms with Crippen molar-refractivity contribution in [3.8, 4) is 5.75 Å². The molecule has 3 rings (SSSR count). The molecule has 174 valence electrons. The van der Waals surface area contributed by atoms with Crippen LogP contribution in [0, 0.1) is 0 Å². The van der Waals surface area contributed by atoms with Crippen molar-refractivity contribution in [2.24, 2.45) is 0 Å². The Kier molecular flexibility index (Phi) is 7.72. The molecule has 2 aromatic rings. The van der Waals surface area contributed by atoms with Gasteiger partial charge in [0.25, 0.3) is 5.91 Å². The van der Waals surface area contributed by atoms with Crippen LogP contribution in [0.25, 0.3) is 0 Å². The van der Waals surface area contributed by atoms with E-state index < -0.39 is 0 Å². The second-order valence-electron chi connectivity index (χ2n) is 9.82. The second-order valence-corrected chi connectivity index (χ2v) is 9.82. The van der Waals surface area contributed by atoms with E-state index in [4.69, 9.17) is 9.72 Å². The van der Waals surface area contributed by atoms with Gasteiger partial charge in [-0.25, -0.2) is 9.97 Å². The van der Waals surface area contributed by atoms with Gasteiger partial charge in [0, 0.05) is 39.7 Å². The third-order valence-corrected chi connectivity index (χ3v) is 5.84. The zero-order chi connectivity index (χ0) is 23.3. The Morgan fingerprint density at radius 1 is 1.16 bits per heavy atom. The molecular formula is C25H37N5O2. The Balaban J connectivity index is 1.63. The molecule has 0 spiro atoms. The minimum atomic E-state index is -0.107. The van der Waals surface area contributed by atoms with Gasteiger partial charge in [-0.15, -0.1) is 0 Å². The molecule has 32 heavy (non-hydrogen) atoms. The SMILES string of the molecule is CN(Cc1nc(C2CCCNC2)cc(N(C)C)n1)C(=O)COc1ccc(C(C)(C)C)cc1. The fourth-order valence-electron chi connectivity index (χ4n) is 3.72. The molecule has 1 saturated heterocycles. The number of nitrogens with one attached hydrogen (secondary N) is 1. The highest BCUT2D eigenvalue weighted by molar-refractivity contribution is 5.77. The summed E-state index contributed by atoms with van der Waals surface area (Å²) in [6.45, 7) is 8.84. The van der Waals surface area contributed by atoms with Crippen LogP contribution >= 0.6 is 0 Å². The van der Waals surface area contributed by atoms with Gasteiger partial charge in [0.1, 0.15) is 17.4 Å². The molecule has 1 aromatic carbocycles. The van der Waals surface area contributed by atoms with Crippen LogP contribution in [0.2, 0.25) is 0 Å². The number of aromatic nitrogens is 2. The number of rotatable bonds is 7. The maximum Gasteiger partial charge on any atom is 0.260 e. The first kappa shape index (κ1) is 24.0. The van der Waals surface area contributed by atoms with Crippen LogP contribution in [-0.4, -0.2) is 61.6 Å². The number of hydrogen-bond acceptors (Lipinski definition) is 6. The number of likely N-dealkylation sites (N-methyl/N-ethyl adjacent to an activating group) is 1. The maximum atomic E-state index is 12.7. The molecule has 1 aliphatic rings. The second kappa shape index (κ2) is 10.3. The number of hydrogen-bond donors (Lipinski definition) is 1. The van der Waals surface area contributed by atoms with Crippen molar-refractivity contribution in [2.75, 3.05) is 45.7 Å². The number of carbonyl (C=O) groups is 1. The molecule has 0 saturated carbocycles. The van der Waals surface area contributed by atoms with E-state index in [1.54, 1.807) is 11.9 Å². The standard InChI is InChI=1S/C25H37N5O2/c1-25(2,3)19-9-11-20(12-10-19)32-17-24(31)30(6)16-22-27-21(14-23(28-22)29(4)5)18-8-7-13-26-15-18/h9-12,14,18,26H,7-8,13,15-17H2,1-6H3. The molecule has 1 N–H and O–H groups in total. The highest BCUT2D eigenvalue weighted by atomic mass is 16.5. The summed E-state index contributed by atoms with van der Waals surface area (Å²) in [5, 5.41) is 3.45. The molecule has 0 radical (unpaired) electrons. The van der Waals surface area contributed by atoms with Gasteiger partial charge in [-0.3, -0.25) is 4.79 Å². The lowest BCUT2D eigenvalue weighted by Crippen LogP contribution is -2.32. The fourth-order valence-corrected chi connectivity index (χ4v) is 3.72. The highest BCUT2D eigenvalue weighted by Crippen LogP contribution is 2.25. The van der Waals surface area contributed by atoms with Crippen LogP contribution < -0.4 is 15.0 Å². The minimum absolute atomic E-state index is 0.0157. The number of ether oxygens (including phenoxy) is 1. The summed E-state index contributed by atoms with van der Waals surface area (Å²) in [6.07, 6.45) is 2.26. The molecule has 7 heteroatoms. The number of carbonyl (C=O) groups excluding carboxylic acids is 1. The molecule has 1 fully saturated rings. The summed E-state index contributed by atoms with van der Waals surface area (Å²) < 4.78 is 5.73. The minimum Gasteiger partial charge on any atom is -0.484 e. The van der Waals surface area contributed by atoms with Gasteiger partial charge in [0.15, 0.2) is 6.61 Å². The summed E-state index contributed by atoms with van der Waals surface area (Å²) in [6, 6.07) is 9.99. The number of anilines is 1. The molecule has 0 bridgehead atoms. The van der Waals surface area contributed by atoms with Gasteiger partial charge < -0.3 is 19.9 Å². The zero-order valence-corrected chi connectivity index (χ0v) is 20.3.